The highest BCUT2D eigenvalue weighted by molar-refractivity contribution is 5.82. The molecule has 7 nitrogen and oxygen atoms in total. The van der Waals surface area contributed by atoms with Gasteiger partial charge in [0, 0.05) is 19.2 Å². The smallest absolute Gasteiger partial charge is 0.332 e. The Morgan fingerprint density at radius 1 is 1.22 bits per heavy atom. The Hall–Kier alpha value is -3.40. The first kappa shape index (κ1) is 18.4. The largest absolute Gasteiger partial charge is 0.497 e. The minimum absolute atomic E-state index is 0.185. The van der Waals surface area contributed by atoms with Crippen molar-refractivity contribution in [2.45, 2.75) is 20.4 Å². The number of ether oxygens (including phenoxy) is 1. The zero-order valence-electron chi connectivity index (χ0n) is 15.7. The number of nitriles is 1. The van der Waals surface area contributed by atoms with Crippen molar-refractivity contribution in [2.75, 3.05) is 7.11 Å². The van der Waals surface area contributed by atoms with Gasteiger partial charge in [-0.2, -0.15) is 5.26 Å². The molecule has 0 radical (unpaired) electrons. The molecule has 0 N–H and O–H groups in total. The van der Waals surface area contributed by atoms with Crippen LogP contribution in [0.25, 0.3) is 22.3 Å². The molecule has 0 aliphatic carbocycles. The standard InChI is InChI=1S/C20H20N4O3/c1-12(2)11-24-18-16(19(25)23(3)20(24)26)9-14(10-21)17(22-18)13-5-7-15(27-4)8-6-13/h5-9,12H,11H2,1-4H3. The number of methoxy groups -OCH3 is 1. The Bertz CT molecular complexity index is 1170. The number of fused-ring (bicyclic) bond motifs is 1. The normalized spacial score (nSPS) is 11.0. The minimum Gasteiger partial charge on any atom is -0.497 e. The SMILES string of the molecule is COc1ccc(-c2nc3c(cc2C#N)c(=O)n(C)c(=O)n3CC(C)C)cc1. The highest BCUT2D eigenvalue weighted by Gasteiger charge is 2.17. The Balaban J connectivity index is 2.39. The molecule has 3 aromatic rings. The van der Waals surface area contributed by atoms with E-state index in [1.807, 2.05) is 13.8 Å². The molecule has 2 aromatic heterocycles. The van der Waals surface area contributed by atoms with E-state index in [1.54, 1.807) is 31.4 Å². The molecule has 7 heteroatoms. The third-order valence-corrected chi connectivity index (χ3v) is 4.34. The highest BCUT2D eigenvalue weighted by atomic mass is 16.5. The van der Waals surface area contributed by atoms with Crippen molar-refractivity contribution in [3.63, 3.8) is 0 Å². The molecule has 3 rings (SSSR count). The van der Waals surface area contributed by atoms with Gasteiger partial charge in [0.1, 0.15) is 17.5 Å². The zero-order valence-corrected chi connectivity index (χ0v) is 15.7. The molecule has 0 atom stereocenters. The summed E-state index contributed by atoms with van der Waals surface area (Å²) in [6.45, 7) is 4.39. The van der Waals surface area contributed by atoms with E-state index in [0.29, 0.717) is 29.2 Å². The number of aromatic nitrogens is 3. The third kappa shape index (κ3) is 3.22. The molecule has 2 heterocycles. The fourth-order valence-electron chi connectivity index (χ4n) is 2.99. The van der Waals surface area contributed by atoms with Crippen molar-refractivity contribution in [3.8, 4) is 23.1 Å². The molecular weight excluding hydrogens is 344 g/mol. The van der Waals surface area contributed by atoms with Gasteiger partial charge in [-0.3, -0.25) is 13.9 Å². The van der Waals surface area contributed by atoms with Crippen LogP contribution in [-0.2, 0) is 13.6 Å². The number of rotatable bonds is 4. The van der Waals surface area contributed by atoms with Crippen molar-refractivity contribution in [3.05, 3.63) is 56.7 Å². The van der Waals surface area contributed by atoms with Crippen LogP contribution < -0.4 is 16.0 Å². The summed E-state index contributed by atoms with van der Waals surface area (Å²) in [7, 11) is 3.01. The van der Waals surface area contributed by atoms with Gasteiger partial charge in [0.25, 0.3) is 5.56 Å². The van der Waals surface area contributed by atoms with Crippen molar-refractivity contribution in [1.82, 2.24) is 14.1 Å². The summed E-state index contributed by atoms with van der Waals surface area (Å²) in [4.78, 5) is 29.8. The van der Waals surface area contributed by atoms with Gasteiger partial charge in [-0.1, -0.05) is 13.8 Å². The second-order valence-electron chi connectivity index (χ2n) is 6.75. The fourth-order valence-corrected chi connectivity index (χ4v) is 2.99. The van der Waals surface area contributed by atoms with Crippen LogP contribution >= 0.6 is 0 Å². The predicted molar refractivity (Wildman–Crippen MR) is 103 cm³/mol. The summed E-state index contributed by atoms with van der Waals surface area (Å²) in [5.74, 6) is 0.869. The van der Waals surface area contributed by atoms with Gasteiger partial charge in [0.2, 0.25) is 0 Å². The van der Waals surface area contributed by atoms with Crippen molar-refractivity contribution in [2.24, 2.45) is 13.0 Å². The second-order valence-corrected chi connectivity index (χ2v) is 6.75. The van der Waals surface area contributed by atoms with Crippen LogP contribution in [0.15, 0.2) is 39.9 Å². The van der Waals surface area contributed by atoms with Crippen molar-refractivity contribution >= 4 is 11.0 Å². The molecule has 27 heavy (non-hydrogen) atoms. The van der Waals surface area contributed by atoms with E-state index in [1.165, 1.54) is 17.7 Å². The highest BCUT2D eigenvalue weighted by Crippen LogP contribution is 2.26. The molecule has 0 saturated heterocycles. The topological polar surface area (TPSA) is 89.9 Å². The van der Waals surface area contributed by atoms with E-state index in [9.17, 15) is 14.9 Å². The number of pyridine rings is 1. The van der Waals surface area contributed by atoms with Gasteiger partial charge < -0.3 is 4.74 Å². The molecule has 138 valence electrons. The monoisotopic (exact) mass is 364 g/mol. The van der Waals surface area contributed by atoms with Gasteiger partial charge in [0.05, 0.1) is 23.8 Å². The lowest BCUT2D eigenvalue weighted by Crippen LogP contribution is -2.39. The minimum atomic E-state index is -0.458. The average Bonchev–Trinajstić information content (AvgIpc) is 2.68. The molecule has 0 spiro atoms. The lowest BCUT2D eigenvalue weighted by atomic mass is 10.1. The van der Waals surface area contributed by atoms with E-state index < -0.39 is 11.2 Å². The summed E-state index contributed by atoms with van der Waals surface area (Å²) in [5, 5.41) is 9.83. The van der Waals surface area contributed by atoms with E-state index in [0.717, 1.165) is 4.57 Å². The van der Waals surface area contributed by atoms with Gasteiger partial charge >= 0.3 is 5.69 Å². The van der Waals surface area contributed by atoms with E-state index in [2.05, 4.69) is 11.1 Å². The molecule has 0 unspecified atom stereocenters. The maximum absolute atomic E-state index is 12.6. The van der Waals surface area contributed by atoms with Crippen LogP contribution in [0.1, 0.15) is 19.4 Å². The number of hydrogen-bond acceptors (Lipinski definition) is 5. The quantitative estimate of drug-likeness (QED) is 0.708. The maximum atomic E-state index is 12.6. The van der Waals surface area contributed by atoms with Crippen LogP contribution in [0.2, 0.25) is 0 Å². The van der Waals surface area contributed by atoms with Crippen molar-refractivity contribution in [1.29, 1.82) is 5.26 Å². The van der Waals surface area contributed by atoms with E-state index in [4.69, 9.17) is 4.74 Å². The van der Waals surface area contributed by atoms with Crippen molar-refractivity contribution < 1.29 is 4.74 Å². The van der Waals surface area contributed by atoms with Crippen LogP contribution in [0, 0.1) is 17.2 Å². The third-order valence-electron chi connectivity index (χ3n) is 4.34. The van der Waals surface area contributed by atoms with Gasteiger partial charge in [-0.05, 0) is 36.2 Å². The molecule has 0 amide bonds. The number of benzene rings is 1. The molecular formula is C20H20N4O3. The van der Waals surface area contributed by atoms with Gasteiger partial charge in [-0.25, -0.2) is 9.78 Å². The zero-order chi connectivity index (χ0) is 19.7. The van der Waals surface area contributed by atoms with E-state index in [-0.39, 0.29) is 16.9 Å². The predicted octanol–water partition coefficient (Wildman–Crippen LogP) is 2.30. The summed E-state index contributed by atoms with van der Waals surface area (Å²) in [6, 6.07) is 10.7. The first-order valence-electron chi connectivity index (χ1n) is 8.56. The Labute approximate surface area is 156 Å². The van der Waals surface area contributed by atoms with Crippen LogP contribution in [0.3, 0.4) is 0 Å². The first-order chi connectivity index (χ1) is 12.9. The average molecular weight is 364 g/mol. The molecule has 0 aliphatic heterocycles. The molecule has 0 aliphatic rings. The Morgan fingerprint density at radius 2 is 1.89 bits per heavy atom. The van der Waals surface area contributed by atoms with E-state index >= 15 is 0 Å². The lowest BCUT2D eigenvalue weighted by Gasteiger charge is -2.15. The second kappa shape index (κ2) is 7.08. The maximum Gasteiger partial charge on any atom is 0.332 e. The summed E-state index contributed by atoms with van der Waals surface area (Å²) >= 11 is 0. The Kier molecular flexibility index (Phi) is 4.82. The van der Waals surface area contributed by atoms with Crippen LogP contribution in [-0.4, -0.2) is 21.2 Å². The molecule has 0 fully saturated rings. The fraction of sp³-hybridized carbons (Fsp3) is 0.300. The lowest BCUT2D eigenvalue weighted by molar-refractivity contribution is 0.415. The van der Waals surface area contributed by atoms with Crippen LogP contribution in [0.4, 0.5) is 0 Å². The molecule has 0 saturated carbocycles. The number of nitrogens with zero attached hydrogens (tertiary/aromatic N) is 4. The molecule has 1 aromatic carbocycles. The Morgan fingerprint density at radius 3 is 2.44 bits per heavy atom. The summed E-state index contributed by atoms with van der Waals surface area (Å²) in [5.41, 5.74) is 0.830. The van der Waals surface area contributed by atoms with Crippen LogP contribution in [0.5, 0.6) is 5.75 Å². The summed E-state index contributed by atoms with van der Waals surface area (Å²) < 4.78 is 7.72. The summed E-state index contributed by atoms with van der Waals surface area (Å²) in [6.07, 6.45) is 0. The first-order valence-corrected chi connectivity index (χ1v) is 8.56. The van der Waals surface area contributed by atoms with Gasteiger partial charge in [0.15, 0.2) is 0 Å². The van der Waals surface area contributed by atoms with Gasteiger partial charge in [-0.15, -0.1) is 0 Å². The molecule has 0 bridgehead atoms. The number of hydrogen-bond donors (Lipinski definition) is 0.